The lowest BCUT2D eigenvalue weighted by molar-refractivity contribution is -0.119. The summed E-state index contributed by atoms with van der Waals surface area (Å²) in [4.78, 5) is 43.5. The molecule has 2 heterocycles. The van der Waals surface area contributed by atoms with E-state index in [1.807, 2.05) is 35.2 Å². The van der Waals surface area contributed by atoms with Crippen molar-refractivity contribution in [2.45, 2.75) is 52.0 Å². The number of unbranched alkanes of at least 4 members (excludes halogenated alkanes) is 3. The van der Waals surface area contributed by atoms with E-state index in [1.54, 1.807) is 18.2 Å². The maximum absolute atomic E-state index is 13.0. The predicted octanol–water partition coefficient (Wildman–Crippen LogP) is 4.12. The minimum absolute atomic E-state index is 0.0271. The Balaban J connectivity index is 1.34. The summed E-state index contributed by atoms with van der Waals surface area (Å²) in [6.45, 7) is 3.22. The standard InChI is InChI=1S/C26H30N4O4/c1-2-3-4-8-15-29(19-10-6-5-7-11-19)24(32)12-9-16-34-20-13-14-22-21(17-20)25(33)30-18-23(31)28-26(30)27-22/h5-7,10-11,13-14,17H,2-4,8-9,12,15-16,18H2,1H3,(H,27,28,31). The van der Waals surface area contributed by atoms with Crippen LogP contribution in [0.25, 0.3) is 10.9 Å². The molecule has 0 atom stereocenters. The first kappa shape index (κ1) is 23.5. The maximum Gasteiger partial charge on any atom is 0.263 e. The second-order valence-corrected chi connectivity index (χ2v) is 8.45. The molecule has 1 N–H and O–H groups in total. The molecule has 8 nitrogen and oxygen atoms in total. The Bertz CT molecular complexity index is 1220. The Labute approximate surface area is 198 Å². The van der Waals surface area contributed by atoms with Crippen LogP contribution >= 0.6 is 0 Å². The fourth-order valence-electron chi connectivity index (χ4n) is 4.09. The summed E-state index contributed by atoms with van der Waals surface area (Å²) in [5.74, 6) is 0.638. The number of anilines is 2. The van der Waals surface area contributed by atoms with Crippen LogP contribution < -0.4 is 20.5 Å². The number of nitrogens with one attached hydrogen (secondary N) is 1. The topological polar surface area (TPSA) is 93.5 Å². The molecule has 0 radical (unpaired) electrons. The highest BCUT2D eigenvalue weighted by Gasteiger charge is 2.21. The van der Waals surface area contributed by atoms with Gasteiger partial charge in [-0.1, -0.05) is 44.4 Å². The van der Waals surface area contributed by atoms with Gasteiger partial charge in [-0.3, -0.25) is 24.3 Å². The van der Waals surface area contributed by atoms with Gasteiger partial charge in [-0.05, 0) is 43.2 Å². The zero-order valence-electron chi connectivity index (χ0n) is 19.5. The monoisotopic (exact) mass is 462 g/mol. The van der Waals surface area contributed by atoms with E-state index < -0.39 is 0 Å². The number of para-hydroxylation sites is 1. The van der Waals surface area contributed by atoms with Crippen LogP contribution in [0.5, 0.6) is 5.75 Å². The van der Waals surface area contributed by atoms with E-state index >= 15 is 0 Å². The number of hydrogen-bond acceptors (Lipinski definition) is 5. The van der Waals surface area contributed by atoms with Gasteiger partial charge in [0.05, 0.1) is 17.5 Å². The van der Waals surface area contributed by atoms with Gasteiger partial charge >= 0.3 is 0 Å². The second kappa shape index (κ2) is 11.0. The van der Waals surface area contributed by atoms with Crippen LogP contribution in [-0.4, -0.2) is 34.5 Å². The number of nitrogens with zero attached hydrogens (tertiary/aromatic N) is 3. The van der Waals surface area contributed by atoms with Gasteiger partial charge in [-0.15, -0.1) is 0 Å². The van der Waals surface area contributed by atoms with E-state index in [-0.39, 0.29) is 29.9 Å². The molecular weight excluding hydrogens is 432 g/mol. The Kier molecular flexibility index (Phi) is 7.57. The fourth-order valence-corrected chi connectivity index (χ4v) is 4.09. The second-order valence-electron chi connectivity index (χ2n) is 8.45. The average molecular weight is 463 g/mol. The number of fused-ring (bicyclic) bond motifs is 2. The molecule has 0 saturated carbocycles. The van der Waals surface area contributed by atoms with Gasteiger partial charge in [-0.25, -0.2) is 4.98 Å². The third-order valence-electron chi connectivity index (χ3n) is 5.89. The Morgan fingerprint density at radius 1 is 1.09 bits per heavy atom. The molecule has 0 bridgehead atoms. The van der Waals surface area contributed by atoms with Crippen LogP contribution in [0.1, 0.15) is 45.4 Å². The SMILES string of the molecule is CCCCCCN(C(=O)CCCOc1ccc2nc3n(c(=O)c2c1)CC(=O)N3)c1ccccc1. The number of carbonyl (C=O) groups excluding carboxylic acids is 2. The number of rotatable bonds is 11. The number of ether oxygens (including phenoxy) is 1. The quantitative estimate of drug-likeness (QED) is 0.433. The summed E-state index contributed by atoms with van der Waals surface area (Å²) in [6, 6.07) is 14.9. The van der Waals surface area contributed by atoms with Gasteiger partial charge in [-0.2, -0.15) is 0 Å². The lowest BCUT2D eigenvalue weighted by atomic mass is 10.1. The smallest absolute Gasteiger partial charge is 0.263 e. The van der Waals surface area contributed by atoms with Crippen molar-refractivity contribution in [3.8, 4) is 5.75 Å². The molecule has 2 amide bonds. The highest BCUT2D eigenvalue weighted by atomic mass is 16.5. The molecule has 1 aliphatic rings. The van der Waals surface area contributed by atoms with E-state index in [2.05, 4.69) is 17.2 Å². The Morgan fingerprint density at radius 2 is 1.91 bits per heavy atom. The summed E-state index contributed by atoms with van der Waals surface area (Å²) >= 11 is 0. The summed E-state index contributed by atoms with van der Waals surface area (Å²) < 4.78 is 7.15. The van der Waals surface area contributed by atoms with E-state index in [0.29, 0.717) is 42.6 Å². The largest absolute Gasteiger partial charge is 0.494 e. The molecule has 0 spiro atoms. The third-order valence-corrected chi connectivity index (χ3v) is 5.89. The van der Waals surface area contributed by atoms with Crippen molar-refractivity contribution in [1.82, 2.24) is 9.55 Å². The number of carbonyl (C=O) groups is 2. The number of hydrogen-bond donors (Lipinski definition) is 1. The van der Waals surface area contributed by atoms with E-state index in [1.165, 1.54) is 11.0 Å². The first-order valence-electron chi connectivity index (χ1n) is 11.9. The molecule has 178 valence electrons. The molecule has 8 heteroatoms. The number of benzene rings is 2. The first-order valence-corrected chi connectivity index (χ1v) is 11.9. The van der Waals surface area contributed by atoms with Crippen LogP contribution in [0.2, 0.25) is 0 Å². The van der Waals surface area contributed by atoms with Crippen molar-refractivity contribution in [3.05, 3.63) is 58.9 Å². The lowest BCUT2D eigenvalue weighted by Gasteiger charge is -2.23. The van der Waals surface area contributed by atoms with Gasteiger partial charge in [0.2, 0.25) is 17.8 Å². The van der Waals surface area contributed by atoms with Crippen molar-refractivity contribution in [3.63, 3.8) is 0 Å². The normalized spacial score (nSPS) is 12.4. The summed E-state index contributed by atoms with van der Waals surface area (Å²) in [7, 11) is 0. The first-order chi connectivity index (χ1) is 16.6. The van der Waals surface area contributed by atoms with Gasteiger partial charge in [0.25, 0.3) is 5.56 Å². The zero-order valence-corrected chi connectivity index (χ0v) is 19.5. The molecule has 0 fully saturated rings. The molecule has 0 aliphatic carbocycles. The molecule has 1 aromatic heterocycles. The summed E-state index contributed by atoms with van der Waals surface area (Å²) in [5, 5.41) is 2.98. The van der Waals surface area contributed by atoms with Gasteiger partial charge in [0, 0.05) is 18.7 Å². The van der Waals surface area contributed by atoms with Crippen LogP contribution in [0, 0.1) is 0 Å². The van der Waals surface area contributed by atoms with E-state index in [9.17, 15) is 14.4 Å². The van der Waals surface area contributed by atoms with Gasteiger partial charge in [0.1, 0.15) is 12.3 Å². The fraction of sp³-hybridized carbons (Fsp3) is 0.385. The zero-order chi connectivity index (χ0) is 23.9. The van der Waals surface area contributed by atoms with Crippen LogP contribution in [-0.2, 0) is 16.1 Å². The maximum atomic E-state index is 13.0. The van der Waals surface area contributed by atoms with Gasteiger partial charge in [0.15, 0.2) is 0 Å². The average Bonchev–Trinajstić information content (AvgIpc) is 3.23. The highest BCUT2D eigenvalue weighted by molar-refractivity contribution is 5.94. The summed E-state index contributed by atoms with van der Waals surface area (Å²) in [6.07, 6.45) is 5.37. The van der Waals surface area contributed by atoms with Crippen molar-refractivity contribution in [1.29, 1.82) is 0 Å². The van der Waals surface area contributed by atoms with Crippen LogP contribution in [0.4, 0.5) is 11.6 Å². The minimum atomic E-state index is -0.277. The van der Waals surface area contributed by atoms with Crippen LogP contribution in [0.15, 0.2) is 53.3 Å². The summed E-state index contributed by atoms with van der Waals surface area (Å²) in [5.41, 5.74) is 1.15. The van der Waals surface area contributed by atoms with Crippen molar-refractivity contribution >= 4 is 34.4 Å². The molecular formula is C26H30N4O4. The van der Waals surface area contributed by atoms with Crippen molar-refractivity contribution in [2.24, 2.45) is 0 Å². The lowest BCUT2D eigenvalue weighted by Crippen LogP contribution is -2.32. The Morgan fingerprint density at radius 3 is 2.71 bits per heavy atom. The third kappa shape index (κ3) is 5.44. The molecule has 3 aromatic rings. The van der Waals surface area contributed by atoms with Crippen molar-refractivity contribution in [2.75, 3.05) is 23.4 Å². The molecule has 1 aliphatic heterocycles. The van der Waals surface area contributed by atoms with E-state index in [4.69, 9.17) is 4.74 Å². The van der Waals surface area contributed by atoms with Crippen LogP contribution in [0.3, 0.4) is 0 Å². The molecule has 4 rings (SSSR count). The molecule has 34 heavy (non-hydrogen) atoms. The molecule has 0 unspecified atom stereocenters. The van der Waals surface area contributed by atoms with E-state index in [0.717, 1.165) is 24.9 Å². The molecule has 2 aromatic carbocycles. The predicted molar refractivity (Wildman–Crippen MR) is 132 cm³/mol. The minimum Gasteiger partial charge on any atom is -0.494 e. The number of amides is 2. The Hall–Kier alpha value is -3.68. The highest BCUT2D eigenvalue weighted by Crippen LogP contribution is 2.21. The van der Waals surface area contributed by atoms with Gasteiger partial charge < -0.3 is 9.64 Å². The molecule has 0 saturated heterocycles. The number of aromatic nitrogens is 2. The van der Waals surface area contributed by atoms with Crippen molar-refractivity contribution < 1.29 is 14.3 Å².